The molecule has 1 aliphatic heterocycles. The van der Waals surface area contributed by atoms with E-state index in [1.165, 1.54) is 24.3 Å². The highest BCUT2D eigenvalue weighted by molar-refractivity contribution is 7.92. The Bertz CT molecular complexity index is 738. The highest BCUT2D eigenvalue weighted by atomic mass is 32.2. The Morgan fingerprint density at radius 2 is 2.14 bits per heavy atom. The molecule has 9 heteroatoms. The molecule has 0 bridgehead atoms. The van der Waals surface area contributed by atoms with Gasteiger partial charge in [-0.05, 0) is 12.1 Å². The van der Waals surface area contributed by atoms with Crippen molar-refractivity contribution in [3.63, 3.8) is 0 Å². The summed E-state index contributed by atoms with van der Waals surface area (Å²) in [4.78, 5) is 21.6. The molecule has 0 saturated carbocycles. The molecule has 0 atom stereocenters. The first-order chi connectivity index (χ1) is 9.76. The standard InChI is InChI=1S/C12H12N2O6S/c1-21(18,19)13-11-3-2-10(14(16)17)7-9(11)6-8-4-5-20-12(8)15/h2-3,6-7,13H,4-5H2,1H3. The molecule has 112 valence electrons. The van der Waals surface area contributed by atoms with Crippen molar-refractivity contribution in [3.05, 3.63) is 39.4 Å². The molecule has 1 aromatic carbocycles. The molecule has 1 aromatic rings. The van der Waals surface area contributed by atoms with Crippen molar-refractivity contribution in [3.8, 4) is 0 Å². The van der Waals surface area contributed by atoms with Gasteiger partial charge in [-0.2, -0.15) is 0 Å². The van der Waals surface area contributed by atoms with Crippen LogP contribution in [-0.2, 0) is 19.6 Å². The van der Waals surface area contributed by atoms with Crippen LogP contribution in [-0.4, -0.2) is 32.2 Å². The average molecular weight is 312 g/mol. The maximum absolute atomic E-state index is 11.4. The van der Waals surface area contributed by atoms with Gasteiger partial charge in [0.25, 0.3) is 5.69 Å². The van der Waals surface area contributed by atoms with E-state index in [0.717, 1.165) is 6.26 Å². The number of carbonyl (C=O) groups is 1. The molecule has 0 amide bonds. The van der Waals surface area contributed by atoms with Crippen molar-refractivity contribution < 1.29 is 22.9 Å². The zero-order valence-electron chi connectivity index (χ0n) is 11.0. The number of hydrogen-bond acceptors (Lipinski definition) is 6. The first kappa shape index (κ1) is 15.0. The first-order valence-corrected chi connectivity index (χ1v) is 7.79. The van der Waals surface area contributed by atoms with Crippen LogP contribution in [0, 0.1) is 10.1 Å². The predicted molar refractivity (Wildman–Crippen MR) is 75.1 cm³/mol. The molecule has 8 nitrogen and oxygen atoms in total. The van der Waals surface area contributed by atoms with Crippen LogP contribution in [0.15, 0.2) is 23.8 Å². The Kier molecular flexibility index (Phi) is 3.94. The monoisotopic (exact) mass is 312 g/mol. The molecule has 0 spiro atoms. The van der Waals surface area contributed by atoms with Crippen LogP contribution >= 0.6 is 0 Å². The van der Waals surface area contributed by atoms with Gasteiger partial charge in [0.2, 0.25) is 10.0 Å². The summed E-state index contributed by atoms with van der Waals surface area (Å²) < 4.78 is 29.7. The molecule has 1 fully saturated rings. The SMILES string of the molecule is CS(=O)(=O)Nc1ccc([N+](=O)[O-])cc1C=C1CCOC1=O. The number of cyclic esters (lactones) is 1. The van der Waals surface area contributed by atoms with Crippen LogP contribution in [0.5, 0.6) is 0 Å². The average Bonchev–Trinajstić information content (AvgIpc) is 2.75. The van der Waals surface area contributed by atoms with Crippen LogP contribution in [0.3, 0.4) is 0 Å². The molecule has 0 unspecified atom stereocenters. The number of sulfonamides is 1. The number of nitro groups is 1. The van der Waals surface area contributed by atoms with Gasteiger partial charge in [0, 0.05) is 29.7 Å². The zero-order valence-corrected chi connectivity index (χ0v) is 11.8. The van der Waals surface area contributed by atoms with E-state index in [-0.39, 0.29) is 23.5 Å². The number of hydrogen-bond donors (Lipinski definition) is 1. The number of non-ortho nitro benzene ring substituents is 1. The third kappa shape index (κ3) is 3.78. The quantitative estimate of drug-likeness (QED) is 0.388. The lowest BCUT2D eigenvalue weighted by atomic mass is 10.1. The number of esters is 1. The molecule has 1 N–H and O–H groups in total. The summed E-state index contributed by atoms with van der Waals surface area (Å²) >= 11 is 0. The van der Waals surface area contributed by atoms with Crippen LogP contribution in [0.25, 0.3) is 6.08 Å². The molecule has 0 aliphatic carbocycles. The largest absolute Gasteiger partial charge is 0.462 e. The number of anilines is 1. The maximum Gasteiger partial charge on any atom is 0.334 e. The van der Waals surface area contributed by atoms with Crippen molar-refractivity contribution in [1.29, 1.82) is 0 Å². The van der Waals surface area contributed by atoms with Crippen LogP contribution in [0.4, 0.5) is 11.4 Å². The van der Waals surface area contributed by atoms with Crippen molar-refractivity contribution in [2.45, 2.75) is 6.42 Å². The lowest BCUT2D eigenvalue weighted by molar-refractivity contribution is -0.384. The third-order valence-electron chi connectivity index (χ3n) is 2.74. The fraction of sp³-hybridized carbons (Fsp3) is 0.250. The van der Waals surface area contributed by atoms with Gasteiger partial charge in [0.15, 0.2) is 0 Å². The van der Waals surface area contributed by atoms with E-state index >= 15 is 0 Å². The van der Waals surface area contributed by atoms with E-state index in [9.17, 15) is 23.3 Å². The Hall–Kier alpha value is -2.42. The summed E-state index contributed by atoms with van der Waals surface area (Å²) in [6.07, 6.45) is 2.74. The minimum Gasteiger partial charge on any atom is -0.462 e. The Morgan fingerprint density at radius 3 is 2.67 bits per heavy atom. The molecular formula is C12H12N2O6S. The predicted octanol–water partition coefficient (Wildman–Crippen LogP) is 1.30. The molecule has 0 aromatic heterocycles. The van der Waals surface area contributed by atoms with Gasteiger partial charge in [-0.25, -0.2) is 13.2 Å². The molecule has 2 rings (SSSR count). The van der Waals surface area contributed by atoms with Crippen LogP contribution < -0.4 is 4.72 Å². The van der Waals surface area contributed by atoms with Gasteiger partial charge < -0.3 is 4.74 Å². The van der Waals surface area contributed by atoms with Crippen molar-refractivity contribution in [2.75, 3.05) is 17.6 Å². The number of benzene rings is 1. The third-order valence-corrected chi connectivity index (χ3v) is 3.33. The number of rotatable bonds is 4. The minimum absolute atomic E-state index is 0.162. The summed E-state index contributed by atoms with van der Waals surface area (Å²) in [7, 11) is -3.55. The number of carbonyl (C=O) groups excluding carboxylic acids is 1. The fourth-order valence-corrected chi connectivity index (χ4v) is 2.43. The van der Waals surface area contributed by atoms with Gasteiger partial charge in [-0.15, -0.1) is 0 Å². The van der Waals surface area contributed by atoms with Gasteiger partial charge in [-0.3, -0.25) is 14.8 Å². The second-order valence-corrected chi connectivity index (χ2v) is 6.21. The summed E-state index contributed by atoms with van der Waals surface area (Å²) in [6.45, 7) is 0.244. The summed E-state index contributed by atoms with van der Waals surface area (Å²) in [5, 5.41) is 10.8. The summed E-state index contributed by atoms with van der Waals surface area (Å²) in [6, 6.07) is 3.67. The Morgan fingerprint density at radius 1 is 1.43 bits per heavy atom. The number of ether oxygens (including phenoxy) is 1. The number of nitrogens with zero attached hydrogens (tertiary/aromatic N) is 1. The summed E-state index contributed by atoms with van der Waals surface area (Å²) in [5.41, 5.74) is 0.540. The van der Waals surface area contributed by atoms with E-state index in [1.807, 2.05) is 0 Å². The molecule has 1 heterocycles. The highest BCUT2D eigenvalue weighted by Crippen LogP contribution is 2.27. The Balaban J connectivity index is 2.50. The maximum atomic E-state index is 11.4. The molecule has 0 radical (unpaired) electrons. The van der Waals surface area contributed by atoms with Crippen molar-refractivity contribution in [1.82, 2.24) is 0 Å². The molecular weight excluding hydrogens is 300 g/mol. The van der Waals surface area contributed by atoms with Gasteiger partial charge >= 0.3 is 5.97 Å². The van der Waals surface area contributed by atoms with Gasteiger partial charge in [0.1, 0.15) is 0 Å². The van der Waals surface area contributed by atoms with E-state index in [4.69, 9.17) is 4.74 Å². The van der Waals surface area contributed by atoms with Crippen LogP contribution in [0.1, 0.15) is 12.0 Å². The molecule has 1 aliphatic rings. The highest BCUT2D eigenvalue weighted by Gasteiger charge is 2.20. The number of nitrogens with one attached hydrogen (secondary N) is 1. The normalized spacial score (nSPS) is 16.8. The lowest BCUT2D eigenvalue weighted by Gasteiger charge is -2.08. The van der Waals surface area contributed by atoms with Crippen LogP contribution in [0.2, 0.25) is 0 Å². The molecule has 1 saturated heterocycles. The van der Waals surface area contributed by atoms with Gasteiger partial charge in [-0.1, -0.05) is 0 Å². The number of nitro benzene ring substituents is 1. The fourth-order valence-electron chi connectivity index (χ4n) is 1.84. The first-order valence-electron chi connectivity index (χ1n) is 5.90. The topological polar surface area (TPSA) is 116 Å². The zero-order chi connectivity index (χ0) is 15.6. The van der Waals surface area contributed by atoms with E-state index in [1.54, 1.807) is 0 Å². The van der Waals surface area contributed by atoms with Crippen molar-refractivity contribution >= 4 is 33.4 Å². The second kappa shape index (κ2) is 5.52. The summed E-state index contributed by atoms with van der Waals surface area (Å²) in [5.74, 6) is -0.508. The van der Waals surface area contributed by atoms with Gasteiger partial charge in [0.05, 0.1) is 23.5 Å². The van der Waals surface area contributed by atoms with E-state index in [0.29, 0.717) is 12.0 Å². The smallest absolute Gasteiger partial charge is 0.334 e. The lowest BCUT2D eigenvalue weighted by Crippen LogP contribution is -2.11. The second-order valence-electron chi connectivity index (χ2n) is 4.46. The Labute approximate surface area is 120 Å². The van der Waals surface area contributed by atoms with E-state index < -0.39 is 20.9 Å². The molecule has 21 heavy (non-hydrogen) atoms. The minimum atomic E-state index is -3.55. The van der Waals surface area contributed by atoms with Crippen molar-refractivity contribution in [2.24, 2.45) is 0 Å². The van der Waals surface area contributed by atoms with E-state index in [2.05, 4.69) is 4.72 Å².